The van der Waals surface area contributed by atoms with E-state index in [9.17, 15) is 0 Å². The molecule has 2 fully saturated rings. The molecule has 2 heterocycles. The lowest BCUT2D eigenvalue weighted by molar-refractivity contribution is -0.172. The molecule has 2 aliphatic rings. The van der Waals surface area contributed by atoms with Crippen molar-refractivity contribution in [1.82, 2.24) is 11.5 Å². The highest BCUT2D eigenvalue weighted by Gasteiger charge is 2.37. The lowest BCUT2D eigenvalue weighted by Gasteiger charge is -2.31. The largest absolute Gasteiger partial charge is 0.347 e. The maximum Gasteiger partial charge on any atom is 0.170 e. The Kier molecular flexibility index (Phi) is 2.84. The smallest absolute Gasteiger partial charge is 0.170 e. The topological polar surface area (TPSA) is 65.5 Å². The zero-order valence-electron chi connectivity index (χ0n) is 6.77. The van der Waals surface area contributed by atoms with Gasteiger partial charge in [-0.2, -0.15) is 0 Å². The van der Waals surface area contributed by atoms with Crippen LogP contribution in [0.15, 0.2) is 0 Å². The molecule has 0 bridgehead atoms. The second-order valence-electron chi connectivity index (χ2n) is 2.86. The molecule has 0 aliphatic carbocycles. The number of piperidine rings is 1. The van der Waals surface area contributed by atoms with E-state index in [-0.39, 0.29) is 11.9 Å². The van der Waals surface area contributed by atoms with Gasteiger partial charge in [-0.15, -0.1) is 0 Å². The minimum Gasteiger partial charge on any atom is -0.347 e. The number of nitrogens with one attached hydrogen (secondary N) is 1. The highest BCUT2D eigenvalue weighted by Crippen LogP contribution is 2.28. The van der Waals surface area contributed by atoms with E-state index in [0.29, 0.717) is 0 Å². The Balaban J connectivity index is 0.000000605. The predicted octanol–water partition coefficient (Wildman–Crippen LogP) is 0.275. The molecular formula is C7H16N2O2. The van der Waals surface area contributed by atoms with Crippen molar-refractivity contribution in [3.8, 4) is 0 Å². The quantitative estimate of drug-likeness (QED) is 0.534. The zero-order chi connectivity index (χ0) is 6.86. The second-order valence-corrected chi connectivity index (χ2v) is 2.86. The average Bonchev–Trinajstić information content (AvgIpc) is 2.39. The van der Waals surface area contributed by atoms with Gasteiger partial charge in [-0.05, 0) is 0 Å². The first-order chi connectivity index (χ1) is 4.91. The maximum absolute atomic E-state index is 5.52. The maximum atomic E-state index is 5.52. The van der Waals surface area contributed by atoms with Crippen molar-refractivity contribution in [2.45, 2.75) is 18.6 Å². The Morgan fingerprint density at radius 2 is 1.55 bits per heavy atom. The van der Waals surface area contributed by atoms with Crippen LogP contribution < -0.4 is 11.5 Å². The summed E-state index contributed by atoms with van der Waals surface area (Å²) in [6, 6.07) is 0. The molecule has 0 aromatic heterocycles. The van der Waals surface area contributed by atoms with Gasteiger partial charge in [-0.3, -0.25) is 0 Å². The normalized spacial score (nSPS) is 28.4. The third kappa shape index (κ3) is 1.70. The van der Waals surface area contributed by atoms with Gasteiger partial charge >= 0.3 is 0 Å². The van der Waals surface area contributed by atoms with E-state index >= 15 is 0 Å². The van der Waals surface area contributed by atoms with E-state index in [1.165, 1.54) is 0 Å². The van der Waals surface area contributed by atoms with Crippen LogP contribution in [0.25, 0.3) is 0 Å². The number of hydrogen-bond acceptors (Lipinski definition) is 4. The van der Waals surface area contributed by atoms with Gasteiger partial charge in [0, 0.05) is 25.9 Å². The first-order valence-corrected chi connectivity index (χ1v) is 3.90. The van der Waals surface area contributed by atoms with Gasteiger partial charge in [0.25, 0.3) is 0 Å². The van der Waals surface area contributed by atoms with Crippen LogP contribution in [0.1, 0.15) is 12.8 Å². The molecule has 4 N–H and O–H groups in total. The van der Waals surface area contributed by atoms with Crippen molar-refractivity contribution < 1.29 is 9.47 Å². The summed E-state index contributed by atoms with van der Waals surface area (Å²) in [5.41, 5.74) is 0. The number of rotatable bonds is 0. The summed E-state index contributed by atoms with van der Waals surface area (Å²) in [5.74, 6) is -0.189. The average molecular weight is 160 g/mol. The predicted molar refractivity (Wildman–Crippen MR) is 41.8 cm³/mol. The number of ether oxygens (including phenoxy) is 2. The van der Waals surface area contributed by atoms with E-state index in [2.05, 4.69) is 5.32 Å². The van der Waals surface area contributed by atoms with Crippen LogP contribution in [0, 0.1) is 0 Å². The van der Waals surface area contributed by atoms with Gasteiger partial charge < -0.3 is 20.9 Å². The summed E-state index contributed by atoms with van der Waals surface area (Å²) in [6.45, 7) is 3.61. The van der Waals surface area contributed by atoms with Crippen LogP contribution in [0.4, 0.5) is 0 Å². The monoisotopic (exact) mass is 160 g/mol. The van der Waals surface area contributed by atoms with Gasteiger partial charge in [0.1, 0.15) is 0 Å². The Labute approximate surface area is 66.8 Å². The minimum atomic E-state index is -0.189. The molecule has 4 heteroatoms. The molecule has 66 valence electrons. The lowest BCUT2D eigenvalue weighted by Crippen LogP contribution is -2.42. The van der Waals surface area contributed by atoms with E-state index in [0.717, 1.165) is 39.1 Å². The highest BCUT2D eigenvalue weighted by molar-refractivity contribution is 4.80. The molecule has 0 radical (unpaired) electrons. The van der Waals surface area contributed by atoms with Crippen molar-refractivity contribution >= 4 is 0 Å². The fourth-order valence-electron chi connectivity index (χ4n) is 1.59. The van der Waals surface area contributed by atoms with Gasteiger partial charge in [0.05, 0.1) is 13.2 Å². The Bertz CT molecular complexity index is 116. The molecule has 2 saturated heterocycles. The van der Waals surface area contributed by atoms with Crippen molar-refractivity contribution in [2.24, 2.45) is 0 Å². The molecule has 4 nitrogen and oxygen atoms in total. The second kappa shape index (κ2) is 3.49. The van der Waals surface area contributed by atoms with Crippen molar-refractivity contribution in [3.63, 3.8) is 0 Å². The van der Waals surface area contributed by atoms with Gasteiger partial charge in [-0.1, -0.05) is 0 Å². The third-order valence-corrected chi connectivity index (χ3v) is 2.18. The van der Waals surface area contributed by atoms with E-state index in [4.69, 9.17) is 9.47 Å². The molecule has 0 saturated carbocycles. The molecule has 0 aromatic carbocycles. The van der Waals surface area contributed by atoms with Crippen LogP contribution in [-0.4, -0.2) is 32.1 Å². The molecule has 0 unspecified atom stereocenters. The van der Waals surface area contributed by atoms with Crippen LogP contribution in [-0.2, 0) is 9.47 Å². The molecule has 2 aliphatic heterocycles. The molecule has 0 atom stereocenters. The Morgan fingerprint density at radius 3 is 2.09 bits per heavy atom. The Morgan fingerprint density at radius 1 is 1.00 bits per heavy atom. The molecule has 0 aromatic rings. The van der Waals surface area contributed by atoms with E-state index in [1.54, 1.807) is 0 Å². The van der Waals surface area contributed by atoms with Crippen LogP contribution in [0.2, 0.25) is 0 Å². The third-order valence-electron chi connectivity index (χ3n) is 2.18. The molecule has 11 heavy (non-hydrogen) atoms. The van der Waals surface area contributed by atoms with Gasteiger partial charge in [0.15, 0.2) is 5.79 Å². The minimum absolute atomic E-state index is 0. The van der Waals surface area contributed by atoms with Gasteiger partial charge in [0.2, 0.25) is 0 Å². The molecule has 0 amide bonds. The fourth-order valence-corrected chi connectivity index (χ4v) is 1.59. The molecular weight excluding hydrogens is 144 g/mol. The molecule has 1 spiro atoms. The highest BCUT2D eigenvalue weighted by atomic mass is 16.7. The lowest BCUT2D eigenvalue weighted by atomic mass is 10.1. The van der Waals surface area contributed by atoms with Crippen molar-refractivity contribution in [3.05, 3.63) is 0 Å². The Hall–Kier alpha value is -0.160. The summed E-state index contributed by atoms with van der Waals surface area (Å²) in [6.07, 6.45) is 2.01. The van der Waals surface area contributed by atoms with Crippen LogP contribution in [0.5, 0.6) is 0 Å². The van der Waals surface area contributed by atoms with Gasteiger partial charge in [-0.25, -0.2) is 0 Å². The summed E-state index contributed by atoms with van der Waals surface area (Å²) >= 11 is 0. The number of hydrogen-bond donors (Lipinski definition) is 2. The first-order valence-electron chi connectivity index (χ1n) is 3.90. The summed E-state index contributed by atoms with van der Waals surface area (Å²) in [7, 11) is 0. The first kappa shape index (κ1) is 8.93. The van der Waals surface area contributed by atoms with Crippen molar-refractivity contribution in [1.29, 1.82) is 0 Å². The SMILES string of the molecule is C1CC2(CCN1)OCCO2.N. The molecule has 2 rings (SSSR count). The fraction of sp³-hybridized carbons (Fsp3) is 1.00. The van der Waals surface area contributed by atoms with E-state index < -0.39 is 0 Å². The zero-order valence-corrected chi connectivity index (χ0v) is 6.77. The van der Waals surface area contributed by atoms with Crippen molar-refractivity contribution in [2.75, 3.05) is 26.3 Å². The van der Waals surface area contributed by atoms with E-state index in [1.807, 2.05) is 0 Å². The summed E-state index contributed by atoms with van der Waals surface area (Å²) < 4.78 is 11.0. The summed E-state index contributed by atoms with van der Waals surface area (Å²) in [4.78, 5) is 0. The van der Waals surface area contributed by atoms with Crippen LogP contribution >= 0.6 is 0 Å². The summed E-state index contributed by atoms with van der Waals surface area (Å²) in [5, 5.41) is 3.28. The van der Waals surface area contributed by atoms with Crippen LogP contribution in [0.3, 0.4) is 0 Å². The standard InChI is InChI=1S/C7H13NO2.H3N/c1-3-8-4-2-7(1)9-5-6-10-7;/h8H,1-6H2;1H3.